The number of carbonyl (C=O) groups excluding carboxylic acids is 2. The number of methoxy groups -OCH3 is 1. The van der Waals surface area contributed by atoms with Gasteiger partial charge in [-0.05, 0) is 48.6 Å². The summed E-state index contributed by atoms with van der Waals surface area (Å²) < 4.78 is 4.86. The Kier molecular flexibility index (Phi) is 4.69. The zero-order valence-electron chi connectivity index (χ0n) is 9.29. The Morgan fingerprint density at radius 3 is 1.65 bits per heavy atom. The van der Waals surface area contributed by atoms with Crippen molar-refractivity contribution < 1.29 is 19.4 Å². The maximum absolute atomic E-state index is 10.3. The van der Waals surface area contributed by atoms with Crippen LogP contribution in [0.1, 0.15) is 0 Å². The molecule has 1 aliphatic rings. The van der Waals surface area contributed by atoms with Gasteiger partial charge in [-0.25, -0.2) is 0 Å². The number of aromatic hydroxyl groups is 1. The van der Waals surface area contributed by atoms with Crippen LogP contribution in [0.2, 0.25) is 0 Å². The van der Waals surface area contributed by atoms with E-state index in [1.807, 2.05) is 0 Å². The Morgan fingerprint density at radius 1 is 0.882 bits per heavy atom. The van der Waals surface area contributed by atoms with Crippen LogP contribution in [0, 0.1) is 0 Å². The van der Waals surface area contributed by atoms with Crippen LogP contribution in [0.3, 0.4) is 0 Å². The van der Waals surface area contributed by atoms with Crippen molar-refractivity contribution in [2.45, 2.75) is 0 Å². The molecule has 0 fully saturated rings. The number of rotatable bonds is 1. The second-order valence-electron chi connectivity index (χ2n) is 3.17. The summed E-state index contributed by atoms with van der Waals surface area (Å²) >= 11 is 0. The van der Waals surface area contributed by atoms with Gasteiger partial charge in [0.25, 0.3) is 0 Å². The van der Waals surface area contributed by atoms with Gasteiger partial charge in [-0.15, -0.1) is 0 Å². The number of phenolic OH excluding ortho intramolecular Hbond substituents is 1. The third-order valence-corrected chi connectivity index (χ3v) is 1.90. The number of allylic oxidation sites excluding steroid dienone is 4. The summed E-state index contributed by atoms with van der Waals surface area (Å²) in [7, 11) is 1.59. The van der Waals surface area contributed by atoms with E-state index in [2.05, 4.69) is 0 Å². The molecule has 1 aromatic rings. The zero-order chi connectivity index (χ0) is 12.7. The molecule has 0 bridgehead atoms. The molecule has 1 aromatic carbocycles. The molecule has 0 unspecified atom stereocenters. The molecule has 0 aliphatic heterocycles. The monoisotopic (exact) mass is 232 g/mol. The van der Waals surface area contributed by atoms with E-state index in [9.17, 15) is 9.59 Å². The minimum Gasteiger partial charge on any atom is -0.508 e. The lowest BCUT2D eigenvalue weighted by Gasteiger charge is -1.96. The molecule has 0 spiro atoms. The highest BCUT2D eigenvalue weighted by molar-refractivity contribution is 6.14. The first kappa shape index (κ1) is 12.7. The molecule has 17 heavy (non-hydrogen) atoms. The van der Waals surface area contributed by atoms with Crippen LogP contribution in [0.4, 0.5) is 0 Å². The van der Waals surface area contributed by atoms with Gasteiger partial charge in [0.2, 0.25) is 0 Å². The molecule has 0 heterocycles. The number of hydrogen-bond acceptors (Lipinski definition) is 4. The maximum atomic E-state index is 10.3. The topological polar surface area (TPSA) is 63.6 Å². The number of carbonyl (C=O) groups is 2. The molecule has 0 atom stereocenters. The van der Waals surface area contributed by atoms with Gasteiger partial charge in [-0.2, -0.15) is 0 Å². The number of benzene rings is 1. The molecule has 0 radical (unpaired) electrons. The summed E-state index contributed by atoms with van der Waals surface area (Å²) in [6.45, 7) is 0. The van der Waals surface area contributed by atoms with Crippen LogP contribution >= 0.6 is 0 Å². The van der Waals surface area contributed by atoms with E-state index in [4.69, 9.17) is 9.84 Å². The summed E-state index contributed by atoms with van der Waals surface area (Å²) in [6.07, 6.45) is 5.01. The summed E-state index contributed by atoms with van der Waals surface area (Å²) in [5, 5.41) is 8.80. The van der Waals surface area contributed by atoms with E-state index in [0.717, 1.165) is 5.75 Å². The number of phenols is 1. The summed E-state index contributed by atoms with van der Waals surface area (Å²) in [6, 6.07) is 6.57. The standard InChI is InChI=1S/C7H8O2.C6H4O2/c1-9-7-4-2-6(8)3-5-7;7-5-1-2-6(8)4-3-5/h2-5,8H,1H3;1-4H. The highest BCUT2D eigenvalue weighted by Gasteiger charge is 1.97. The quantitative estimate of drug-likeness (QED) is 0.748. The Balaban J connectivity index is 0.000000171. The van der Waals surface area contributed by atoms with Crippen molar-refractivity contribution in [1.82, 2.24) is 0 Å². The molecule has 1 aliphatic carbocycles. The molecular weight excluding hydrogens is 220 g/mol. The normalized spacial score (nSPS) is 13.0. The van der Waals surface area contributed by atoms with Crippen molar-refractivity contribution in [2.24, 2.45) is 0 Å². The number of ketones is 2. The number of ether oxygens (including phenoxy) is 1. The van der Waals surface area contributed by atoms with E-state index in [-0.39, 0.29) is 17.3 Å². The zero-order valence-corrected chi connectivity index (χ0v) is 9.29. The van der Waals surface area contributed by atoms with E-state index in [1.165, 1.54) is 24.3 Å². The SMILES string of the molecule is COc1ccc(O)cc1.O=C1C=CC(=O)C=C1. The highest BCUT2D eigenvalue weighted by atomic mass is 16.5. The molecule has 0 saturated carbocycles. The van der Waals surface area contributed by atoms with Gasteiger partial charge in [0, 0.05) is 0 Å². The van der Waals surface area contributed by atoms with Gasteiger partial charge in [0.15, 0.2) is 11.6 Å². The fraction of sp³-hybridized carbons (Fsp3) is 0.0769. The summed E-state index contributed by atoms with van der Waals surface area (Å²) in [5.74, 6) is 0.776. The molecule has 0 saturated heterocycles. The van der Waals surface area contributed by atoms with Crippen LogP contribution in [0.5, 0.6) is 11.5 Å². The lowest BCUT2D eigenvalue weighted by Crippen LogP contribution is -1.97. The number of hydrogen-bond donors (Lipinski definition) is 1. The van der Waals surface area contributed by atoms with E-state index in [1.54, 1.807) is 31.4 Å². The predicted octanol–water partition coefficient (Wildman–Crippen LogP) is 1.65. The van der Waals surface area contributed by atoms with Crippen LogP contribution in [0.25, 0.3) is 0 Å². The Morgan fingerprint density at radius 2 is 1.29 bits per heavy atom. The van der Waals surface area contributed by atoms with E-state index in [0.29, 0.717) is 0 Å². The lowest BCUT2D eigenvalue weighted by atomic mass is 10.2. The van der Waals surface area contributed by atoms with Gasteiger partial charge >= 0.3 is 0 Å². The smallest absolute Gasteiger partial charge is 0.178 e. The van der Waals surface area contributed by atoms with Crippen molar-refractivity contribution in [3.63, 3.8) is 0 Å². The van der Waals surface area contributed by atoms with Gasteiger partial charge in [0.05, 0.1) is 7.11 Å². The first-order valence-corrected chi connectivity index (χ1v) is 4.89. The molecule has 0 aromatic heterocycles. The van der Waals surface area contributed by atoms with Crippen LogP contribution in [-0.2, 0) is 9.59 Å². The second kappa shape index (κ2) is 6.27. The van der Waals surface area contributed by atoms with Crippen LogP contribution in [-0.4, -0.2) is 23.8 Å². The molecule has 0 amide bonds. The van der Waals surface area contributed by atoms with Crippen molar-refractivity contribution >= 4 is 11.6 Å². The average molecular weight is 232 g/mol. The first-order valence-electron chi connectivity index (χ1n) is 4.89. The minimum atomic E-state index is -0.121. The second-order valence-corrected chi connectivity index (χ2v) is 3.17. The Hall–Kier alpha value is -2.36. The summed E-state index contributed by atoms with van der Waals surface area (Å²) in [5.41, 5.74) is 0. The maximum Gasteiger partial charge on any atom is 0.178 e. The molecular formula is C13H12O4. The molecule has 1 N–H and O–H groups in total. The van der Waals surface area contributed by atoms with E-state index < -0.39 is 0 Å². The van der Waals surface area contributed by atoms with Gasteiger partial charge in [-0.1, -0.05) is 0 Å². The Bertz CT molecular complexity index is 417. The van der Waals surface area contributed by atoms with Crippen LogP contribution in [0.15, 0.2) is 48.6 Å². The fourth-order valence-electron chi connectivity index (χ4n) is 1.02. The van der Waals surface area contributed by atoms with E-state index >= 15 is 0 Å². The van der Waals surface area contributed by atoms with Crippen molar-refractivity contribution in [2.75, 3.05) is 7.11 Å². The van der Waals surface area contributed by atoms with Crippen molar-refractivity contribution in [3.05, 3.63) is 48.6 Å². The van der Waals surface area contributed by atoms with Gasteiger partial charge in [-0.3, -0.25) is 9.59 Å². The fourth-order valence-corrected chi connectivity index (χ4v) is 1.02. The third-order valence-electron chi connectivity index (χ3n) is 1.90. The van der Waals surface area contributed by atoms with Crippen LogP contribution < -0.4 is 4.74 Å². The Labute approximate surface area is 98.8 Å². The molecule has 4 nitrogen and oxygen atoms in total. The largest absolute Gasteiger partial charge is 0.508 e. The molecule has 88 valence electrons. The van der Waals surface area contributed by atoms with Crippen molar-refractivity contribution in [1.29, 1.82) is 0 Å². The summed E-state index contributed by atoms with van der Waals surface area (Å²) in [4.78, 5) is 20.6. The van der Waals surface area contributed by atoms with Crippen molar-refractivity contribution in [3.8, 4) is 11.5 Å². The highest BCUT2D eigenvalue weighted by Crippen LogP contribution is 2.14. The first-order chi connectivity index (χ1) is 8.11. The lowest BCUT2D eigenvalue weighted by molar-refractivity contribution is -0.113. The third kappa shape index (κ3) is 4.79. The molecule has 4 heteroatoms. The average Bonchev–Trinajstić information content (AvgIpc) is 2.35. The van der Waals surface area contributed by atoms with Gasteiger partial charge < -0.3 is 9.84 Å². The molecule has 2 rings (SSSR count). The predicted molar refractivity (Wildman–Crippen MR) is 63.0 cm³/mol. The van der Waals surface area contributed by atoms with Gasteiger partial charge in [0.1, 0.15) is 11.5 Å². The minimum absolute atomic E-state index is 0.121.